The highest BCUT2D eigenvalue weighted by molar-refractivity contribution is 6.00. The van der Waals surface area contributed by atoms with Crippen LogP contribution in [0.15, 0.2) is 24.3 Å². The Morgan fingerprint density at radius 2 is 1.90 bits per heavy atom. The second-order valence-corrected chi connectivity index (χ2v) is 6.08. The van der Waals surface area contributed by atoms with E-state index in [2.05, 4.69) is 26.1 Å². The van der Waals surface area contributed by atoms with Crippen LogP contribution in [-0.4, -0.2) is 29.7 Å². The fourth-order valence-corrected chi connectivity index (χ4v) is 2.36. The highest BCUT2D eigenvalue weighted by Crippen LogP contribution is 2.27. The lowest BCUT2D eigenvalue weighted by molar-refractivity contribution is -0.118. The third-order valence-corrected chi connectivity index (χ3v) is 3.55. The average Bonchev–Trinajstić information content (AvgIpc) is 2.69. The molecule has 0 radical (unpaired) electrons. The molecule has 0 spiro atoms. The van der Waals surface area contributed by atoms with E-state index in [4.69, 9.17) is 5.11 Å². The molecule has 108 valence electrons. The van der Waals surface area contributed by atoms with Gasteiger partial charge in [0.05, 0.1) is 0 Å². The molecule has 0 aliphatic carbocycles. The molecule has 0 saturated carbocycles. The quantitative estimate of drug-likeness (QED) is 0.871. The summed E-state index contributed by atoms with van der Waals surface area (Å²) in [5, 5.41) is 10.9. The number of rotatable bonds is 2. The largest absolute Gasteiger partial charge is 0.465 e. The number of anilines is 1. The minimum absolute atomic E-state index is 0.0704. The van der Waals surface area contributed by atoms with Gasteiger partial charge in [-0.25, -0.2) is 4.79 Å². The summed E-state index contributed by atoms with van der Waals surface area (Å²) in [6.07, 6.45) is -0.653. The Morgan fingerprint density at radius 3 is 2.40 bits per heavy atom. The monoisotopic (exact) mass is 276 g/mol. The molecule has 0 bridgehead atoms. The standard InChI is InChI=1S/C15H20N2O3/c1-15(2,3)10-4-6-11(7-5-10)17-9-8-12(13(17)18)16-14(19)20/h4-7,12,16H,8-9H2,1-3H3,(H,19,20)/t12-/m0/s1. The van der Waals surface area contributed by atoms with E-state index in [9.17, 15) is 9.59 Å². The Bertz CT molecular complexity index is 517. The number of amides is 2. The van der Waals surface area contributed by atoms with Gasteiger partial charge in [-0.3, -0.25) is 4.79 Å². The van der Waals surface area contributed by atoms with Gasteiger partial charge in [0, 0.05) is 12.2 Å². The van der Waals surface area contributed by atoms with Crippen LogP contribution in [0.3, 0.4) is 0 Å². The van der Waals surface area contributed by atoms with Crippen molar-refractivity contribution in [2.75, 3.05) is 11.4 Å². The van der Waals surface area contributed by atoms with Crippen LogP contribution in [0, 0.1) is 0 Å². The van der Waals surface area contributed by atoms with Gasteiger partial charge in [-0.05, 0) is 29.5 Å². The van der Waals surface area contributed by atoms with Crippen LogP contribution in [0.1, 0.15) is 32.8 Å². The number of carbonyl (C=O) groups is 2. The third kappa shape index (κ3) is 2.92. The van der Waals surface area contributed by atoms with Crippen LogP contribution in [0.4, 0.5) is 10.5 Å². The van der Waals surface area contributed by atoms with Crippen LogP contribution in [0.25, 0.3) is 0 Å². The Hall–Kier alpha value is -2.04. The van der Waals surface area contributed by atoms with Crippen molar-refractivity contribution in [2.45, 2.75) is 38.6 Å². The van der Waals surface area contributed by atoms with Crippen LogP contribution in [0.5, 0.6) is 0 Å². The van der Waals surface area contributed by atoms with E-state index in [1.54, 1.807) is 4.90 Å². The highest BCUT2D eigenvalue weighted by Gasteiger charge is 2.33. The molecule has 1 aliphatic heterocycles. The van der Waals surface area contributed by atoms with Gasteiger partial charge in [-0.1, -0.05) is 32.9 Å². The normalized spacial score (nSPS) is 19.2. The number of benzene rings is 1. The molecule has 1 aromatic carbocycles. The van der Waals surface area contributed by atoms with Gasteiger partial charge < -0.3 is 15.3 Å². The van der Waals surface area contributed by atoms with E-state index >= 15 is 0 Å². The van der Waals surface area contributed by atoms with Gasteiger partial charge in [0.1, 0.15) is 6.04 Å². The Balaban J connectivity index is 2.13. The summed E-state index contributed by atoms with van der Waals surface area (Å²) in [6.45, 7) is 6.94. The molecule has 1 saturated heterocycles. The molecular weight excluding hydrogens is 256 g/mol. The molecule has 5 nitrogen and oxygen atoms in total. The first kappa shape index (κ1) is 14.4. The lowest BCUT2D eigenvalue weighted by Crippen LogP contribution is -2.40. The van der Waals surface area contributed by atoms with Gasteiger partial charge in [0.2, 0.25) is 5.91 Å². The maximum atomic E-state index is 12.1. The summed E-state index contributed by atoms with van der Waals surface area (Å²) in [7, 11) is 0. The molecule has 1 fully saturated rings. The van der Waals surface area contributed by atoms with Crippen molar-refractivity contribution >= 4 is 17.7 Å². The van der Waals surface area contributed by atoms with Crippen LogP contribution < -0.4 is 10.2 Å². The number of carbonyl (C=O) groups excluding carboxylic acids is 1. The number of nitrogens with zero attached hydrogens (tertiary/aromatic N) is 1. The van der Waals surface area contributed by atoms with E-state index in [1.807, 2.05) is 24.3 Å². The minimum atomic E-state index is -1.16. The molecule has 2 amide bonds. The third-order valence-electron chi connectivity index (χ3n) is 3.55. The molecule has 0 unspecified atom stereocenters. The Kier molecular flexibility index (Phi) is 3.70. The molecule has 20 heavy (non-hydrogen) atoms. The summed E-state index contributed by atoms with van der Waals surface area (Å²) in [5.41, 5.74) is 2.09. The number of hydrogen-bond donors (Lipinski definition) is 2. The minimum Gasteiger partial charge on any atom is -0.465 e. The Morgan fingerprint density at radius 1 is 1.30 bits per heavy atom. The number of hydrogen-bond acceptors (Lipinski definition) is 2. The molecule has 2 rings (SSSR count). The smallest absolute Gasteiger partial charge is 0.405 e. The van der Waals surface area contributed by atoms with Crippen LogP contribution >= 0.6 is 0 Å². The lowest BCUT2D eigenvalue weighted by Gasteiger charge is -2.21. The summed E-state index contributed by atoms with van der Waals surface area (Å²) in [6, 6.07) is 7.24. The molecule has 1 heterocycles. The topological polar surface area (TPSA) is 69.6 Å². The number of nitrogens with one attached hydrogen (secondary N) is 1. The molecule has 1 aliphatic rings. The molecule has 0 aromatic heterocycles. The first-order valence-electron chi connectivity index (χ1n) is 6.70. The maximum absolute atomic E-state index is 12.1. The second-order valence-electron chi connectivity index (χ2n) is 6.08. The van der Waals surface area contributed by atoms with Crippen molar-refractivity contribution in [1.82, 2.24) is 5.32 Å². The van der Waals surface area contributed by atoms with Crippen LogP contribution in [-0.2, 0) is 10.2 Å². The summed E-state index contributed by atoms with van der Waals surface area (Å²) in [5.74, 6) is -0.184. The van der Waals surface area contributed by atoms with E-state index < -0.39 is 12.1 Å². The first-order valence-corrected chi connectivity index (χ1v) is 6.70. The fourth-order valence-electron chi connectivity index (χ4n) is 2.36. The van der Waals surface area contributed by atoms with Crippen molar-refractivity contribution < 1.29 is 14.7 Å². The van der Waals surface area contributed by atoms with Crippen molar-refractivity contribution in [2.24, 2.45) is 0 Å². The number of carboxylic acid groups (broad SMARTS) is 1. The SMILES string of the molecule is CC(C)(C)c1ccc(N2CC[C@H](NC(=O)O)C2=O)cc1. The highest BCUT2D eigenvalue weighted by atomic mass is 16.4. The van der Waals surface area contributed by atoms with Crippen molar-refractivity contribution in [3.05, 3.63) is 29.8 Å². The lowest BCUT2D eigenvalue weighted by atomic mass is 9.87. The summed E-state index contributed by atoms with van der Waals surface area (Å²) in [4.78, 5) is 24.4. The van der Waals surface area contributed by atoms with E-state index in [0.717, 1.165) is 5.69 Å². The zero-order chi connectivity index (χ0) is 14.9. The van der Waals surface area contributed by atoms with Gasteiger partial charge in [0.15, 0.2) is 0 Å². The molecule has 1 atom stereocenters. The van der Waals surface area contributed by atoms with E-state index in [0.29, 0.717) is 13.0 Å². The average molecular weight is 276 g/mol. The molecule has 1 aromatic rings. The first-order chi connectivity index (χ1) is 9.29. The fraction of sp³-hybridized carbons (Fsp3) is 0.467. The van der Waals surface area contributed by atoms with Crippen molar-refractivity contribution in [3.8, 4) is 0 Å². The summed E-state index contributed by atoms with van der Waals surface area (Å²) < 4.78 is 0. The molecule has 2 N–H and O–H groups in total. The maximum Gasteiger partial charge on any atom is 0.405 e. The zero-order valence-electron chi connectivity index (χ0n) is 12.0. The van der Waals surface area contributed by atoms with Gasteiger partial charge in [0.25, 0.3) is 0 Å². The van der Waals surface area contributed by atoms with Crippen molar-refractivity contribution in [3.63, 3.8) is 0 Å². The Labute approximate surface area is 118 Å². The predicted octanol–water partition coefficient (Wildman–Crippen LogP) is 2.36. The van der Waals surface area contributed by atoms with Gasteiger partial charge >= 0.3 is 6.09 Å². The van der Waals surface area contributed by atoms with Crippen molar-refractivity contribution in [1.29, 1.82) is 0 Å². The van der Waals surface area contributed by atoms with E-state index in [-0.39, 0.29) is 11.3 Å². The predicted molar refractivity (Wildman–Crippen MR) is 77.1 cm³/mol. The zero-order valence-corrected chi connectivity index (χ0v) is 12.0. The van der Waals surface area contributed by atoms with Gasteiger partial charge in [-0.2, -0.15) is 0 Å². The summed E-state index contributed by atoms with van der Waals surface area (Å²) >= 11 is 0. The van der Waals surface area contributed by atoms with Gasteiger partial charge in [-0.15, -0.1) is 0 Å². The molecular formula is C15H20N2O3. The van der Waals surface area contributed by atoms with Crippen LogP contribution in [0.2, 0.25) is 0 Å². The van der Waals surface area contributed by atoms with E-state index in [1.165, 1.54) is 5.56 Å². The molecule has 5 heteroatoms. The second kappa shape index (κ2) is 5.15.